The van der Waals surface area contributed by atoms with Crippen molar-refractivity contribution in [1.82, 2.24) is 5.32 Å². The van der Waals surface area contributed by atoms with Gasteiger partial charge in [0.15, 0.2) is 0 Å². The molecular formula is C10H11ClN2O2S. The molecule has 0 aliphatic carbocycles. The fourth-order valence-electron chi connectivity index (χ4n) is 1.05. The first-order valence-electron chi connectivity index (χ1n) is 4.55. The Bertz CT molecular complexity index is 423. The molecule has 6 heteroatoms. The lowest BCUT2D eigenvalue weighted by molar-refractivity contribution is 0.0955. The highest BCUT2D eigenvalue weighted by Gasteiger charge is 2.07. The maximum absolute atomic E-state index is 11.6. The summed E-state index contributed by atoms with van der Waals surface area (Å²) in [5.41, 5.74) is 5.67. The molecule has 0 heterocycles. The summed E-state index contributed by atoms with van der Waals surface area (Å²) in [4.78, 5) is 11.9. The second-order valence-electron chi connectivity index (χ2n) is 3.14. The van der Waals surface area contributed by atoms with Crippen LogP contribution in [0.5, 0.6) is 5.75 Å². The zero-order valence-corrected chi connectivity index (χ0v) is 9.94. The molecule has 0 saturated heterocycles. The number of nitrogens with one attached hydrogen (secondary N) is 1. The van der Waals surface area contributed by atoms with Gasteiger partial charge >= 0.3 is 0 Å². The molecule has 1 rings (SSSR count). The summed E-state index contributed by atoms with van der Waals surface area (Å²) in [6.07, 6.45) is 0.451. The molecule has 1 amide bonds. The van der Waals surface area contributed by atoms with Crippen LogP contribution in [0.25, 0.3) is 0 Å². The van der Waals surface area contributed by atoms with Crippen molar-refractivity contribution in [3.63, 3.8) is 0 Å². The van der Waals surface area contributed by atoms with Gasteiger partial charge < -0.3 is 16.2 Å². The molecule has 1 aromatic rings. The van der Waals surface area contributed by atoms with Gasteiger partial charge in [-0.1, -0.05) is 23.8 Å². The van der Waals surface area contributed by atoms with Gasteiger partial charge in [-0.2, -0.15) is 0 Å². The number of aromatic hydroxyl groups is 1. The fraction of sp³-hybridized carbons (Fsp3) is 0.200. The van der Waals surface area contributed by atoms with Crippen LogP contribution in [0.1, 0.15) is 16.8 Å². The van der Waals surface area contributed by atoms with E-state index in [9.17, 15) is 9.90 Å². The first-order valence-corrected chi connectivity index (χ1v) is 5.34. The van der Waals surface area contributed by atoms with Crippen LogP contribution in [0.3, 0.4) is 0 Å². The highest BCUT2D eigenvalue weighted by Crippen LogP contribution is 2.23. The Morgan fingerprint density at radius 1 is 1.56 bits per heavy atom. The van der Waals surface area contributed by atoms with Crippen molar-refractivity contribution in [2.45, 2.75) is 6.42 Å². The van der Waals surface area contributed by atoms with Crippen molar-refractivity contribution in [2.75, 3.05) is 6.54 Å². The van der Waals surface area contributed by atoms with E-state index in [2.05, 4.69) is 17.5 Å². The van der Waals surface area contributed by atoms with Crippen molar-refractivity contribution in [2.24, 2.45) is 5.73 Å². The lowest BCUT2D eigenvalue weighted by atomic mass is 10.2. The van der Waals surface area contributed by atoms with Gasteiger partial charge in [-0.15, -0.1) is 0 Å². The van der Waals surface area contributed by atoms with Gasteiger partial charge in [-0.05, 0) is 18.2 Å². The second kappa shape index (κ2) is 5.67. The summed E-state index contributed by atoms with van der Waals surface area (Å²) < 4.78 is 0. The molecule has 0 aliphatic rings. The van der Waals surface area contributed by atoms with Crippen LogP contribution in [-0.4, -0.2) is 22.5 Å². The molecule has 0 unspecified atom stereocenters. The Balaban J connectivity index is 2.59. The number of halogens is 1. The van der Waals surface area contributed by atoms with Crippen molar-refractivity contribution in [3.05, 3.63) is 28.8 Å². The molecule has 0 radical (unpaired) electrons. The fourth-order valence-corrected chi connectivity index (χ4v) is 1.33. The zero-order valence-electron chi connectivity index (χ0n) is 8.37. The lowest BCUT2D eigenvalue weighted by Gasteiger charge is -2.05. The van der Waals surface area contributed by atoms with Crippen LogP contribution in [0.15, 0.2) is 18.2 Å². The third-order valence-electron chi connectivity index (χ3n) is 1.87. The SMILES string of the molecule is NC(=S)CCNC(=O)c1ccc(O)c(Cl)c1. The maximum atomic E-state index is 11.6. The van der Waals surface area contributed by atoms with Gasteiger partial charge in [-0.25, -0.2) is 0 Å². The molecule has 0 spiro atoms. The number of phenols is 1. The second-order valence-corrected chi connectivity index (χ2v) is 4.07. The van der Waals surface area contributed by atoms with Crippen LogP contribution >= 0.6 is 23.8 Å². The van der Waals surface area contributed by atoms with Gasteiger partial charge in [0, 0.05) is 18.5 Å². The average molecular weight is 259 g/mol. The molecule has 0 fully saturated rings. The summed E-state index contributed by atoms with van der Waals surface area (Å²) in [5, 5.41) is 11.9. The molecule has 16 heavy (non-hydrogen) atoms. The lowest BCUT2D eigenvalue weighted by Crippen LogP contribution is -2.27. The number of carbonyl (C=O) groups is 1. The minimum Gasteiger partial charge on any atom is -0.506 e. The summed E-state index contributed by atoms with van der Waals surface area (Å²) in [5.74, 6) is -0.334. The smallest absolute Gasteiger partial charge is 0.251 e. The van der Waals surface area contributed by atoms with E-state index in [0.29, 0.717) is 23.5 Å². The number of hydrogen-bond donors (Lipinski definition) is 3. The molecule has 86 valence electrons. The van der Waals surface area contributed by atoms with Gasteiger partial charge in [0.1, 0.15) is 5.75 Å². The summed E-state index contributed by atoms with van der Waals surface area (Å²) >= 11 is 10.3. The molecule has 0 aliphatic heterocycles. The summed E-state index contributed by atoms with van der Waals surface area (Å²) in [7, 11) is 0. The monoisotopic (exact) mass is 258 g/mol. The highest BCUT2D eigenvalue weighted by atomic mass is 35.5. The third kappa shape index (κ3) is 3.67. The zero-order chi connectivity index (χ0) is 12.1. The third-order valence-corrected chi connectivity index (χ3v) is 2.37. The Hall–Kier alpha value is -1.33. The van der Waals surface area contributed by atoms with Crippen LogP contribution in [0, 0.1) is 0 Å². The van der Waals surface area contributed by atoms with Gasteiger partial charge in [0.25, 0.3) is 5.91 Å². The standard InChI is InChI=1S/C10H11ClN2O2S/c11-7-5-6(1-2-8(7)14)10(15)13-4-3-9(12)16/h1-2,5,14H,3-4H2,(H2,12,16)(H,13,15). The molecule has 0 bridgehead atoms. The van der Waals surface area contributed by atoms with Gasteiger partial charge in [-0.3, -0.25) is 4.79 Å². The molecule has 0 aromatic heterocycles. The minimum atomic E-state index is -0.279. The van der Waals surface area contributed by atoms with E-state index < -0.39 is 0 Å². The van der Waals surface area contributed by atoms with E-state index in [0.717, 1.165) is 0 Å². The maximum Gasteiger partial charge on any atom is 0.251 e. The number of nitrogens with two attached hydrogens (primary N) is 1. The van der Waals surface area contributed by atoms with Crippen LogP contribution in [0.2, 0.25) is 5.02 Å². The van der Waals surface area contributed by atoms with E-state index in [4.69, 9.17) is 17.3 Å². The van der Waals surface area contributed by atoms with Crippen LogP contribution < -0.4 is 11.1 Å². The van der Waals surface area contributed by atoms with E-state index in [1.807, 2.05) is 0 Å². The molecular weight excluding hydrogens is 248 g/mol. The van der Waals surface area contributed by atoms with Crippen LogP contribution in [0.4, 0.5) is 0 Å². The Labute approximate surface area is 103 Å². The Morgan fingerprint density at radius 3 is 2.81 bits per heavy atom. The van der Waals surface area contributed by atoms with E-state index >= 15 is 0 Å². The van der Waals surface area contributed by atoms with Gasteiger partial charge in [0.05, 0.1) is 10.0 Å². The number of amides is 1. The number of benzene rings is 1. The number of thiocarbonyl (C=S) groups is 1. The average Bonchev–Trinajstić information content (AvgIpc) is 2.21. The number of phenolic OH excluding ortho intramolecular Hbond substituents is 1. The van der Waals surface area contributed by atoms with Crippen molar-refractivity contribution >= 4 is 34.7 Å². The van der Waals surface area contributed by atoms with Gasteiger partial charge in [0.2, 0.25) is 0 Å². The van der Waals surface area contributed by atoms with Crippen molar-refractivity contribution < 1.29 is 9.90 Å². The quantitative estimate of drug-likeness (QED) is 0.715. The van der Waals surface area contributed by atoms with E-state index in [1.54, 1.807) is 0 Å². The minimum absolute atomic E-state index is 0.0543. The first kappa shape index (κ1) is 12.7. The summed E-state index contributed by atoms with van der Waals surface area (Å²) in [6, 6.07) is 4.25. The van der Waals surface area contributed by atoms with E-state index in [-0.39, 0.29) is 16.7 Å². The Morgan fingerprint density at radius 2 is 2.25 bits per heavy atom. The number of carbonyl (C=O) groups excluding carboxylic acids is 1. The summed E-state index contributed by atoms with van der Waals surface area (Å²) in [6.45, 7) is 0.382. The number of rotatable bonds is 4. The normalized spacial score (nSPS) is 9.81. The molecule has 4 nitrogen and oxygen atoms in total. The number of hydrogen-bond acceptors (Lipinski definition) is 3. The van der Waals surface area contributed by atoms with Crippen molar-refractivity contribution in [1.29, 1.82) is 0 Å². The highest BCUT2D eigenvalue weighted by molar-refractivity contribution is 7.80. The molecule has 1 aromatic carbocycles. The first-order chi connectivity index (χ1) is 7.50. The topological polar surface area (TPSA) is 75.3 Å². The predicted octanol–water partition coefficient (Wildman–Crippen LogP) is 1.45. The van der Waals surface area contributed by atoms with Crippen LogP contribution in [-0.2, 0) is 0 Å². The predicted molar refractivity (Wildman–Crippen MR) is 66.9 cm³/mol. The molecule has 0 atom stereocenters. The van der Waals surface area contributed by atoms with E-state index in [1.165, 1.54) is 18.2 Å². The molecule has 4 N–H and O–H groups in total. The largest absolute Gasteiger partial charge is 0.506 e. The Kier molecular flexibility index (Phi) is 4.52. The van der Waals surface area contributed by atoms with Crippen molar-refractivity contribution in [3.8, 4) is 5.75 Å². The molecule has 0 saturated carbocycles.